The third kappa shape index (κ3) is 3.11. The van der Waals surface area contributed by atoms with E-state index in [0.29, 0.717) is 18.4 Å². The largest absolute Gasteiger partial charge is 0.454 e. The fourth-order valence-corrected chi connectivity index (χ4v) is 8.20. The van der Waals surface area contributed by atoms with Crippen molar-refractivity contribution in [1.82, 2.24) is 0 Å². The first-order valence-electron chi connectivity index (χ1n) is 12.5. The van der Waals surface area contributed by atoms with Crippen LogP contribution in [-0.4, -0.2) is 52.0 Å². The van der Waals surface area contributed by atoms with Gasteiger partial charge in [-0.05, 0) is 98.5 Å². The van der Waals surface area contributed by atoms with E-state index in [-0.39, 0.29) is 35.6 Å². The Hall–Kier alpha value is -2.02. The Kier molecular flexibility index (Phi) is 5.58. The number of carbonyl (C=O) groups excluding carboxylic acids is 2. The average molecular weight is 469 g/mol. The first kappa shape index (κ1) is 23.7. The van der Waals surface area contributed by atoms with E-state index in [9.17, 15) is 24.9 Å². The minimum atomic E-state index is -0.704. The predicted octanol–water partition coefficient (Wildman–Crippen LogP) is 3.18. The molecule has 0 radical (unpaired) electrons. The van der Waals surface area contributed by atoms with Crippen molar-refractivity contribution >= 4 is 11.8 Å². The number of esters is 1. The van der Waals surface area contributed by atoms with Crippen LogP contribution >= 0.6 is 0 Å². The molecule has 5 rings (SSSR count). The van der Waals surface area contributed by atoms with Gasteiger partial charge < -0.3 is 20.1 Å². The first-order chi connectivity index (χ1) is 16.0. The molecule has 34 heavy (non-hydrogen) atoms. The zero-order chi connectivity index (χ0) is 24.6. The monoisotopic (exact) mass is 468 g/mol. The molecule has 184 valence electrons. The summed E-state index contributed by atoms with van der Waals surface area (Å²) in [5.74, 6) is 0.180. The molecule has 2 fully saturated rings. The number of hydrogen-bond acceptors (Lipinski definition) is 6. The molecule has 5 aliphatic rings. The highest BCUT2D eigenvalue weighted by Gasteiger charge is 2.61. The smallest absolute Gasteiger partial charge is 0.336 e. The Labute approximate surface area is 201 Å². The second-order valence-corrected chi connectivity index (χ2v) is 11.5. The van der Waals surface area contributed by atoms with Gasteiger partial charge in [-0.15, -0.1) is 0 Å². The molecule has 0 spiro atoms. The van der Waals surface area contributed by atoms with Crippen LogP contribution in [0.3, 0.4) is 0 Å². The van der Waals surface area contributed by atoms with Gasteiger partial charge in [-0.2, -0.15) is 0 Å². The third-order valence-corrected chi connectivity index (χ3v) is 10.0. The second kappa shape index (κ2) is 8.00. The summed E-state index contributed by atoms with van der Waals surface area (Å²) in [5.41, 5.74) is 2.99. The molecular weight excluding hydrogens is 432 g/mol. The Morgan fingerprint density at radius 3 is 2.62 bits per heavy atom. The summed E-state index contributed by atoms with van der Waals surface area (Å²) >= 11 is 0. The lowest BCUT2D eigenvalue weighted by molar-refractivity contribution is -0.144. The second-order valence-electron chi connectivity index (χ2n) is 11.5. The third-order valence-electron chi connectivity index (χ3n) is 10.0. The van der Waals surface area contributed by atoms with Gasteiger partial charge in [-0.3, -0.25) is 4.79 Å². The summed E-state index contributed by atoms with van der Waals surface area (Å²) in [5, 5.41) is 31.4. The summed E-state index contributed by atoms with van der Waals surface area (Å²) < 4.78 is 5.71. The number of carbonyl (C=O) groups is 2. The van der Waals surface area contributed by atoms with Crippen molar-refractivity contribution in [1.29, 1.82) is 0 Å². The van der Waals surface area contributed by atoms with Crippen molar-refractivity contribution in [3.8, 4) is 0 Å². The maximum absolute atomic E-state index is 13.1. The molecule has 0 aromatic rings. The molecule has 6 nitrogen and oxygen atoms in total. The molecule has 1 heterocycles. The van der Waals surface area contributed by atoms with Gasteiger partial charge in [0.25, 0.3) is 0 Å². The molecule has 0 amide bonds. The van der Waals surface area contributed by atoms with E-state index in [1.165, 1.54) is 0 Å². The fourth-order valence-electron chi connectivity index (χ4n) is 8.20. The fraction of sp³-hybridized carbons (Fsp3) is 0.643. The highest BCUT2D eigenvalue weighted by Crippen LogP contribution is 2.65. The maximum atomic E-state index is 13.1. The van der Waals surface area contributed by atoms with Crippen LogP contribution in [0.25, 0.3) is 0 Å². The molecule has 1 aliphatic heterocycles. The normalized spacial score (nSPS) is 45.3. The van der Waals surface area contributed by atoms with Crippen molar-refractivity contribution in [3.63, 3.8) is 0 Å². The Balaban J connectivity index is 1.50. The molecule has 0 aromatic heterocycles. The summed E-state index contributed by atoms with van der Waals surface area (Å²) in [7, 11) is 0. The number of allylic oxidation sites excluding steroid dienone is 2. The molecule has 8 unspecified atom stereocenters. The van der Waals surface area contributed by atoms with E-state index in [2.05, 4.69) is 13.0 Å². The van der Waals surface area contributed by atoms with Crippen LogP contribution in [0.2, 0.25) is 0 Å². The van der Waals surface area contributed by atoms with E-state index in [4.69, 9.17) is 4.74 Å². The summed E-state index contributed by atoms with van der Waals surface area (Å²) in [6, 6.07) is 0. The van der Waals surface area contributed by atoms with Crippen LogP contribution in [0.1, 0.15) is 59.8 Å². The van der Waals surface area contributed by atoms with Gasteiger partial charge in [0.15, 0.2) is 5.78 Å². The SMILES string of the molecule is CC1=C(CO)C(=O)OC(C(C)=C2C(O)CC3C4CC=C5C(O)C=CC(=O)C5(C)C4CCC23C)C1. The quantitative estimate of drug-likeness (QED) is 0.425. The average Bonchev–Trinajstić information content (AvgIpc) is 3.06. The summed E-state index contributed by atoms with van der Waals surface area (Å²) in [6.07, 6.45) is 7.12. The number of fused-ring (bicyclic) bond motifs is 5. The molecule has 2 saturated carbocycles. The molecule has 4 aliphatic carbocycles. The molecule has 0 saturated heterocycles. The van der Waals surface area contributed by atoms with E-state index < -0.39 is 29.7 Å². The number of aliphatic hydroxyl groups excluding tert-OH is 3. The molecule has 8 atom stereocenters. The Morgan fingerprint density at radius 1 is 1.21 bits per heavy atom. The number of hydrogen-bond donors (Lipinski definition) is 3. The first-order valence-corrected chi connectivity index (χ1v) is 12.5. The predicted molar refractivity (Wildman–Crippen MR) is 126 cm³/mol. The summed E-state index contributed by atoms with van der Waals surface area (Å²) in [4.78, 5) is 25.5. The van der Waals surface area contributed by atoms with Gasteiger partial charge in [0, 0.05) is 6.42 Å². The van der Waals surface area contributed by atoms with Crippen molar-refractivity contribution in [2.24, 2.45) is 28.6 Å². The van der Waals surface area contributed by atoms with Crippen LogP contribution in [0.15, 0.2) is 46.1 Å². The maximum Gasteiger partial charge on any atom is 0.336 e. The van der Waals surface area contributed by atoms with E-state index in [0.717, 1.165) is 41.6 Å². The van der Waals surface area contributed by atoms with Crippen LogP contribution in [0.5, 0.6) is 0 Å². The van der Waals surface area contributed by atoms with E-state index in [1.54, 1.807) is 12.2 Å². The lowest BCUT2D eigenvalue weighted by atomic mass is 9.48. The number of aliphatic hydroxyl groups is 3. The zero-order valence-corrected chi connectivity index (χ0v) is 20.5. The Bertz CT molecular complexity index is 1060. The number of cyclic esters (lactones) is 1. The van der Waals surface area contributed by atoms with E-state index in [1.807, 2.05) is 20.8 Å². The zero-order valence-electron chi connectivity index (χ0n) is 20.5. The molecular formula is C28H36O6. The van der Waals surface area contributed by atoms with Crippen molar-refractivity contribution < 1.29 is 29.6 Å². The lowest BCUT2D eigenvalue weighted by Gasteiger charge is -2.55. The Morgan fingerprint density at radius 2 is 1.94 bits per heavy atom. The standard InChI is InChI=1S/C28H36O6/c1-14-11-23(34-26(33)17(14)13-29)15(2)25-22(31)12-20-16-5-6-19-21(30)7-8-24(32)28(19,4)18(16)9-10-27(20,25)3/h6-8,16,18,20-23,29-31H,5,9-13H2,1-4H3. The van der Waals surface area contributed by atoms with Crippen molar-refractivity contribution in [3.05, 3.63) is 46.1 Å². The summed E-state index contributed by atoms with van der Waals surface area (Å²) in [6.45, 7) is 7.73. The highest BCUT2D eigenvalue weighted by molar-refractivity contribution is 5.99. The highest BCUT2D eigenvalue weighted by atomic mass is 16.5. The lowest BCUT2D eigenvalue weighted by Crippen LogP contribution is -2.53. The number of rotatable bonds is 2. The van der Waals surface area contributed by atoms with Gasteiger partial charge in [0.2, 0.25) is 0 Å². The molecule has 0 aromatic carbocycles. The minimum absolute atomic E-state index is 0.0731. The minimum Gasteiger partial charge on any atom is -0.454 e. The van der Waals surface area contributed by atoms with Crippen molar-refractivity contribution in [2.45, 2.75) is 78.1 Å². The molecule has 6 heteroatoms. The topological polar surface area (TPSA) is 104 Å². The van der Waals surface area contributed by atoms with Gasteiger partial charge in [0.05, 0.1) is 29.8 Å². The van der Waals surface area contributed by atoms with Crippen LogP contribution in [0.4, 0.5) is 0 Å². The van der Waals surface area contributed by atoms with Crippen LogP contribution in [0, 0.1) is 28.6 Å². The van der Waals surface area contributed by atoms with Crippen LogP contribution < -0.4 is 0 Å². The van der Waals surface area contributed by atoms with Gasteiger partial charge in [-0.1, -0.05) is 18.6 Å². The van der Waals surface area contributed by atoms with E-state index >= 15 is 0 Å². The van der Waals surface area contributed by atoms with Crippen molar-refractivity contribution in [2.75, 3.05) is 6.61 Å². The van der Waals surface area contributed by atoms with Gasteiger partial charge in [-0.25, -0.2) is 4.79 Å². The van der Waals surface area contributed by atoms with Gasteiger partial charge >= 0.3 is 5.97 Å². The van der Waals surface area contributed by atoms with Crippen LogP contribution in [-0.2, 0) is 14.3 Å². The number of ether oxygens (including phenoxy) is 1. The van der Waals surface area contributed by atoms with Gasteiger partial charge in [0.1, 0.15) is 6.10 Å². The molecule has 3 N–H and O–H groups in total. The molecule has 0 bridgehead atoms. The number of ketones is 1.